The molecule has 1 aliphatic carbocycles. The van der Waals surface area contributed by atoms with E-state index in [0.29, 0.717) is 35.9 Å². The minimum absolute atomic E-state index is 0.0598. The Morgan fingerprint density at radius 3 is 2.62 bits per heavy atom. The highest BCUT2D eigenvalue weighted by molar-refractivity contribution is 6.31. The van der Waals surface area contributed by atoms with Crippen molar-refractivity contribution >= 4 is 29.1 Å². The monoisotopic (exact) mass is 456 g/mol. The summed E-state index contributed by atoms with van der Waals surface area (Å²) in [6.07, 6.45) is 8.41. The fourth-order valence-corrected chi connectivity index (χ4v) is 4.26. The van der Waals surface area contributed by atoms with Crippen LogP contribution in [-0.4, -0.2) is 34.8 Å². The summed E-state index contributed by atoms with van der Waals surface area (Å²) in [5.74, 6) is -0.0116. The van der Waals surface area contributed by atoms with Crippen LogP contribution in [0.2, 0.25) is 5.02 Å². The number of anilines is 1. The molecule has 7 heteroatoms. The number of nitrogens with two attached hydrogens (primary N) is 1. The fraction of sp³-hybridized carbons (Fsp3) is 0.480. The summed E-state index contributed by atoms with van der Waals surface area (Å²) in [5, 5.41) is 3.46. The minimum Gasteiger partial charge on any atom is -0.337 e. The van der Waals surface area contributed by atoms with E-state index in [9.17, 15) is 9.59 Å². The van der Waals surface area contributed by atoms with E-state index < -0.39 is 0 Å². The number of amides is 2. The molecule has 6 nitrogen and oxygen atoms in total. The molecular formula is C25H33ClN4O2. The quantitative estimate of drug-likeness (QED) is 0.592. The van der Waals surface area contributed by atoms with E-state index in [1.165, 1.54) is 12.6 Å². The highest BCUT2D eigenvalue weighted by atomic mass is 35.5. The average molecular weight is 457 g/mol. The molecule has 2 aromatic rings. The summed E-state index contributed by atoms with van der Waals surface area (Å²) in [5.41, 5.74) is 7.67. The van der Waals surface area contributed by atoms with E-state index in [1.807, 2.05) is 11.0 Å². The smallest absolute Gasteiger partial charge is 0.257 e. The van der Waals surface area contributed by atoms with E-state index in [1.54, 1.807) is 30.5 Å². The maximum atomic E-state index is 13.4. The van der Waals surface area contributed by atoms with Gasteiger partial charge in [-0.05, 0) is 60.7 Å². The van der Waals surface area contributed by atoms with E-state index in [2.05, 4.69) is 24.1 Å². The number of carbonyl (C=O) groups excluding carboxylic acids is 2. The Morgan fingerprint density at radius 1 is 1.22 bits per heavy atom. The van der Waals surface area contributed by atoms with Gasteiger partial charge >= 0.3 is 0 Å². The second-order valence-electron chi connectivity index (χ2n) is 9.40. The number of aromatic nitrogens is 1. The van der Waals surface area contributed by atoms with Crippen molar-refractivity contribution in [1.29, 1.82) is 0 Å². The van der Waals surface area contributed by atoms with Gasteiger partial charge in [-0.25, -0.2) is 0 Å². The Labute approximate surface area is 195 Å². The number of hydrogen-bond acceptors (Lipinski definition) is 4. The maximum Gasteiger partial charge on any atom is 0.257 e. The first-order chi connectivity index (χ1) is 15.3. The molecule has 0 spiro atoms. The summed E-state index contributed by atoms with van der Waals surface area (Å²) >= 11 is 6.50. The van der Waals surface area contributed by atoms with Gasteiger partial charge in [0.25, 0.3) is 5.91 Å². The van der Waals surface area contributed by atoms with Crippen molar-refractivity contribution in [2.24, 2.45) is 17.1 Å². The molecule has 0 radical (unpaired) electrons. The molecular weight excluding hydrogens is 424 g/mol. The van der Waals surface area contributed by atoms with Gasteiger partial charge in [-0.15, -0.1) is 0 Å². The van der Waals surface area contributed by atoms with Crippen molar-refractivity contribution in [2.45, 2.75) is 52.5 Å². The molecule has 3 rings (SSSR count). The molecule has 0 atom stereocenters. The third-order valence-electron chi connectivity index (χ3n) is 6.03. The van der Waals surface area contributed by atoms with Crippen molar-refractivity contribution in [3.63, 3.8) is 0 Å². The summed E-state index contributed by atoms with van der Waals surface area (Å²) in [7, 11) is 0. The molecule has 1 aliphatic rings. The number of benzene rings is 1. The van der Waals surface area contributed by atoms with Gasteiger partial charge in [-0.1, -0.05) is 44.7 Å². The van der Waals surface area contributed by atoms with Crippen molar-refractivity contribution in [2.75, 3.05) is 18.4 Å². The second kappa shape index (κ2) is 10.9. The predicted octanol–water partition coefficient (Wildman–Crippen LogP) is 4.88. The molecule has 2 amide bonds. The first kappa shape index (κ1) is 24.2. The molecule has 32 heavy (non-hydrogen) atoms. The standard InChI is InChI=1S/C25H33ClN4O2/c1-25(2,16-27)17-30(24(32)18-7-4-3-5-8-18)15-20-13-21(10-11-22(20)26)29-23(31)19-9-6-12-28-14-19/h6,9-14,18H,3-5,7-8,15-17,27H2,1-2H3,(H,29,31). The number of halogens is 1. The van der Waals surface area contributed by atoms with Gasteiger partial charge in [-0.3, -0.25) is 14.6 Å². The van der Waals surface area contributed by atoms with Crippen molar-refractivity contribution < 1.29 is 9.59 Å². The Balaban J connectivity index is 1.80. The summed E-state index contributed by atoms with van der Waals surface area (Å²) < 4.78 is 0. The summed E-state index contributed by atoms with van der Waals surface area (Å²) in [6.45, 7) is 5.56. The Morgan fingerprint density at radius 2 is 1.97 bits per heavy atom. The molecule has 0 saturated heterocycles. The molecule has 1 aromatic heterocycles. The Bertz CT molecular complexity index is 927. The van der Waals surface area contributed by atoms with Gasteiger partial charge in [0.2, 0.25) is 5.91 Å². The normalized spacial score (nSPS) is 14.8. The van der Waals surface area contributed by atoms with Crippen LogP contribution in [0.1, 0.15) is 61.9 Å². The average Bonchev–Trinajstić information content (AvgIpc) is 2.81. The van der Waals surface area contributed by atoms with Crippen molar-refractivity contribution in [3.8, 4) is 0 Å². The van der Waals surface area contributed by atoms with Gasteiger partial charge in [-0.2, -0.15) is 0 Å². The number of nitrogens with one attached hydrogen (secondary N) is 1. The van der Waals surface area contributed by atoms with E-state index >= 15 is 0 Å². The van der Waals surface area contributed by atoms with Crippen LogP contribution in [0.5, 0.6) is 0 Å². The van der Waals surface area contributed by atoms with Crippen LogP contribution in [0.4, 0.5) is 5.69 Å². The van der Waals surface area contributed by atoms with Crippen LogP contribution < -0.4 is 11.1 Å². The van der Waals surface area contributed by atoms with Crippen molar-refractivity contribution in [3.05, 3.63) is 58.9 Å². The van der Waals surface area contributed by atoms with E-state index in [-0.39, 0.29) is 23.1 Å². The SMILES string of the molecule is CC(C)(CN)CN(Cc1cc(NC(=O)c2cccnc2)ccc1Cl)C(=O)C1CCCCC1. The summed E-state index contributed by atoms with van der Waals surface area (Å²) in [6, 6.07) is 8.78. The van der Waals surface area contributed by atoms with Gasteiger partial charge in [0.1, 0.15) is 0 Å². The van der Waals surface area contributed by atoms with Crippen LogP contribution in [0.15, 0.2) is 42.7 Å². The first-order valence-electron chi connectivity index (χ1n) is 11.3. The van der Waals surface area contributed by atoms with Crippen LogP contribution in [0, 0.1) is 11.3 Å². The topological polar surface area (TPSA) is 88.3 Å². The van der Waals surface area contributed by atoms with Crippen LogP contribution in [-0.2, 0) is 11.3 Å². The molecule has 0 unspecified atom stereocenters. The zero-order valence-electron chi connectivity index (χ0n) is 18.9. The number of pyridine rings is 1. The zero-order chi connectivity index (χ0) is 23.1. The largest absolute Gasteiger partial charge is 0.337 e. The molecule has 1 heterocycles. The lowest BCUT2D eigenvalue weighted by Crippen LogP contribution is -2.44. The molecule has 3 N–H and O–H groups in total. The third-order valence-corrected chi connectivity index (χ3v) is 6.39. The van der Waals surface area contributed by atoms with Crippen LogP contribution in [0.3, 0.4) is 0 Å². The highest BCUT2D eigenvalue weighted by Crippen LogP contribution is 2.29. The van der Waals surface area contributed by atoms with E-state index in [0.717, 1.165) is 31.2 Å². The number of nitrogens with zero attached hydrogens (tertiary/aromatic N) is 2. The van der Waals surface area contributed by atoms with Gasteiger partial charge in [0.15, 0.2) is 0 Å². The summed E-state index contributed by atoms with van der Waals surface area (Å²) in [4.78, 5) is 31.8. The third kappa shape index (κ3) is 6.53. The van der Waals surface area contributed by atoms with Crippen LogP contribution in [0.25, 0.3) is 0 Å². The van der Waals surface area contributed by atoms with Crippen molar-refractivity contribution in [1.82, 2.24) is 9.88 Å². The molecule has 0 aliphatic heterocycles. The lowest BCUT2D eigenvalue weighted by molar-refractivity contribution is -0.138. The van der Waals surface area contributed by atoms with E-state index in [4.69, 9.17) is 17.3 Å². The zero-order valence-corrected chi connectivity index (χ0v) is 19.7. The molecule has 1 aromatic carbocycles. The second-order valence-corrected chi connectivity index (χ2v) is 9.81. The Kier molecular flexibility index (Phi) is 8.26. The Hall–Kier alpha value is -2.44. The molecule has 172 valence electrons. The van der Waals surface area contributed by atoms with Crippen LogP contribution >= 0.6 is 11.6 Å². The molecule has 0 bridgehead atoms. The number of rotatable bonds is 8. The lowest BCUT2D eigenvalue weighted by Gasteiger charge is -2.35. The first-order valence-corrected chi connectivity index (χ1v) is 11.7. The predicted molar refractivity (Wildman–Crippen MR) is 128 cm³/mol. The number of hydrogen-bond donors (Lipinski definition) is 2. The molecule has 1 fully saturated rings. The minimum atomic E-state index is -0.245. The van der Waals surface area contributed by atoms with Gasteiger partial charge < -0.3 is 16.0 Å². The lowest BCUT2D eigenvalue weighted by atomic mass is 9.86. The van der Waals surface area contributed by atoms with Gasteiger partial charge in [0, 0.05) is 42.1 Å². The number of carbonyl (C=O) groups is 2. The maximum absolute atomic E-state index is 13.4. The molecule has 1 saturated carbocycles. The van der Waals surface area contributed by atoms with Gasteiger partial charge in [0.05, 0.1) is 5.56 Å². The highest BCUT2D eigenvalue weighted by Gasteiger charge is 2.30. The fourth-order valence-electron chi connectivity index (χ4n) is 4.08.